The molecule has 4 rings (SSSR count). The quantitative estimate of drug-likeness (QED) is 0.474. The molecule has 1 N–H and O–H groups in total. The van der Waals surface area contributed by atoms with Gasteiger partial charge in [-0.2, -0.15) is 36.2 Å². The van der Waals surface area contributed by atoms with Crippen LogP contribution in [0.25, 0.3) is 0 Å². The fourth-order valence-corrected chi connectivity index (χ4v) is 5.95. The van der Waals surface area contributed by atoms with Gasteiger partial charge in [0.15, 0.2) is 0 Å². The molecule has 1 aromatic carbocycles. The number of nitriles is 1. The minimum Gasteiger partial charge on any atom is -0.380 e. The van der Waals surface area contributed by atoms with Crippen molar-refractivity contribution in [2.75, 3.05) is 49.1 Å². The van der Waals surface area contributed by atoms with Gasteiger partial charge in [0, 0.05) is 19.6 Å². The summed E-state index contributed by atoms with van der Waals surface area (Å²) in [7, 11) is -4.84. The molecule has 0 aliphatic carbocycles. The predicted molar refractivity (Wildman–Crippen MR) is 131 cm³/mol. The molecular formula is C22H24ClF3N6O5S. The number of rotatable bonds is 8. The smallest absolute Gasteiger partial charge is 0.329 e. The van der Waals surface area contributed by atoms with Crippen LogP contribution in [0, 0.1) is 17.1 Å². The summed E-state index contributed by atoms with van der Waals surface area (Å²) >= 11 is 6.26. The average Bonchev–Trinajstić information content (AvgIpc) is 2.91. The van der Waals surface area contributed by atoms with Crippen LogP contribution in [0.1, 0.15) is 24.4 Å². The van der Waals surface area contributed by atoms with Gasteiger partial charge in [-0.15, -0.1) is 0 Å². The summed E-state index contributed by atoms with van der Waals surface area (Å²) in [4.78, 5) is 12.9. The van der Waals surface area contributed by atoms with E-state index < -0.39 is 39.9 Å². The molecule has 11 nitrogen and oxygen atoms in total. The average molecular weight is 577 g/mol. The summed E-state index contributed by atoms with van der Waals surface area (Å²) in [6.45, 7) is -2.29. The molecule has 2 aliphatic rings. The first-order chi connectivity index (χ1) is 18.1. The van der Waals surface area contributed by atoms with Crippen LogP contribution in [0.15, 0.2) is 29.2 Å². The number of ether oxygens (including phenoxy) is 2. The molecule has 2 aliphatic heterocycles. The molecular weight excluding hydrogens is 553 g/mol. The van der Waals surface area contributed by atoms with E-state index in [9.17, 15) is 26.4 Å². The van der Waals surface area contributed by atoms with Crippen molar-refractivity contribution in [3.05, 3.63) is 51.2 Å². The standard InChI is InChI=1S/C22H24ClF3N6O5S/c23-20-18(28-11-16-13-36-7-8-37-16)12-29-31(21(20)33)15-3-5-30(6-4-15)38(34,35)32(22(25)26)19-2-1-14(10-27)9-17(19)24/h1-2,9,12,15-16,22,28H,3-8,11,13H2/t16-/m1/s1. The fourth-order valence-electron chi connectivity index (χ4n) is 4.23. The van der Waals surface area contributed by atoms with E-state index in [2.05, 4.69) is 10.4 Å². The molecule has 206 valence electrons. The Morgan fingerprint density at radius 2 is 2.03 bits per heavy atom. The van der Waals surface area contributed by atoms with E-state index in [4.69, 9.17) is 26.3 Å². The third-order valence-electron chi connectivity index (χ3n) is 6.18. The molecule has 0 bridgehead atoms. The van der Waals surface area contributed by atoms with Gasteiger partial charge in [-0.25, -0.2) is 9.07 Å². The minimum absolute atomic E-state index is 0.0788. The van der Waals surface area contributed by atoms with Crippen LogP contribution in [-0.2, 0) is 19.7 Å². The van der Waals surface area contributed by atoms with Crippen molar-refractivity contribution in [1.82, 2.24) is 14.1 Å². The van der Waals surface area contributed by atoms with Crippen LogP contribution in [0.4, 0.5) is 24.5 Å². The SMILES string of the molecule is N#Cc1ccc(N(C(F)F)S(=O)(=O)N2CCC(n3ncc(NC[C@@H]4COCCO4)c(Cl)c3=O)CC2)c(F)c1. The Kier molecular flexibility index (Phi) is 8.78. The normalized spacial score (nSPS) is 19.3. The van der Waals surface area contributed by atoms with Gasteiger partial charge in [0.1, 0.15) is 10.8 Å². The number of anilines is 2. The highest BCUT2D eigenvalue weighted by Crippen LogP contribution is 2.31. The number of halogens is 4. The van der Waals surface area contributed by atoms with Crippen molar-refractivity contribution in [2.24, 2.45) is 0 Å². The van der Waals surface area contributed by atoms with Crippen molar-refractivity contribution in [1.29, 1.82) is 5.26 Å². The molecule has 2 fully saturated rings. The first-order valence-electron chi connectivity index (χ1n) is 11.6. The van der Waals surface area contributed by atoms with Crippen molar-refractivity contribution >= 4 is 33.2 Å². The molecule has 16 heteroatoms. The minimum atomic E-state index is -4.84. The van der Waals surface area contributed by atoms with E-state index in [0.29, 0.717) is 38.1 Å². The number of alkyl halides is 2. The largest absolute Gasteiger partial charge is 0.380 e. The number of piperidine rings is 1. The second-order valence-electron chi connectivity index (χ2n) is 8.56. The van der Waals surface area contributed by atoms with Gasteiger partial charge in [-0.05, 0) is 31.0 Å². The van der Waals surface area contributed by atoms with Gasteiger partial charge < -0.3 is 14.8 Å². The number of nitrogens with one attached hydrogen (secondary N) is 1. The van der Waals surface area contributed by atoms with Crippen LogP contribution in [0.3, 0.4) is 0 Å². The molecule has 0 unspecified atom stereocenters. The first kappa shape index (κ1) is 28.1. The number of hydrogen-bond donors (Lipinski definition) is 1. The highest BCUT2D eigenvalue weighted by molar-refractivity contribution is 7.90. The Hall–Kier alpha value is -2.90. The van der Waals surface area contributed by atoms with Gasteiger partial charge >= 0.3 is 16.8 Å². The molecule has 0 spiro atoms. The van der Waals surface area contributed by atoms with E-state index >= 15 is 0 Å². The molecule has 1 aromatic heterocycles. The molecule has 1 atom stereocenters. The van der Waals surface area contributed by atoms with Gasteiger partial charge in [-0.3, -0.25) is 4.79 Å². The van der Waals surface area contributed by atoms with Crippen LogP contribution in [0.5, 0.6) is 0 Å². The van der Waals surface area contributed by atoms with Crippen molar-refractivity contribution in [3.63, 3.8) is 0 Å². The Balaban J connectivity index is 1.45. The Morgan fingerprint density at radius 1 is 1.29 bits per heavy atom. The number of aromatic nitrogens is 2. The summed E-state index contributed by atoms with van der Waals surface area (Å²) in [5.74, 6) is -1.27. The van der Waals surface area contributed by atoms with Gasteiger partial charge in [0.05, 0.1) is 61.2 Å². The lowest BCUT2D eigenvalue weighted by Gasteiger charge is -2.35. The topological polar surface area (TPSA) is 130 Å². The van der Waals surface area contributed by atoms with Crippen LogP contribution < -0.4 is 15.2 Å². The summed E-state index contributed by atoms with van der Waals surface area (Å²) in [6, 6.07) is 3.67. The van der Waals surface area contributed by atoms with E-state index in [1.807, 2.05) is 0 Å². The van der Waals surface area contributed by atoms with E-state index in [-0.39, 0.29) is 46.9 Å². The van der Waals surface area contributed by atoms with Crippen LogP contribution >= 0.6 is 11.6 Å². The highest BCUT2D eigenvalue weighted by Gasteiger charge is 2.39. The van der Waals surface area contributed by atoms with E-state index in [1.165, 1.54) is 6.20 Å². The number of hydrogen-bond acceptors (Lipinski definition) is 8. The molecule has 0 radical (unpaired) electrons. The molecule has 2 aromatic rings. The van der Waals surface area contributed by atoms with E-state index in [0.717, 1.165) is 21.1 Å². The summed E-state index contributed by atoms with van der Waals surface area (Å²) in [5, 5.41) is 15.9. The molecule has 2 saturated heterocycles. The molecule has 3 heterocycles. The van der Waals surface area contributed by atoms with Crippen molar-refractivity contribution in [3.8, 4) is 6.07 Å². The number of benzene rings is 1. The lowest BCUT2D eigenvalue weighted by Crippen LogP contribution is -2.50. The zero-order valence-corrected chi connectivity index (χ0v) is 21.5. The second kappa shape index (κ2) is 11.9. The third kappa shape index (κ3) is 5.89. The first-order valence-corrected chi connectivity index (χ1v) is 13.4. The van der Waals surface area contributed by atoms with E-state index in [1.54, 1.807) is 6.07 Å². The second-order valence-corrected chi connectivity index (χ2v) is 10.7. The maximum absolute atomic E-state index is 14.4. The monoisotopic (exact) mass is 576 g/mol. The lowest BCUT2D eigenvalue weighted by molar-refractivity contribution is -0.0818. The summed E-state index contributed by atoms with van der Waals surface area (Å²) in [5.41, 5.74) is -1.31. The van der Waals surface area contributed by atoms with Gasteiger partial charge in [-0.1, -0.05) is 11.6 Å². The Morgan fingerprint density at radius 3 is 2.63 bits per heavy atom. The molecule has 0 amide bonds. The van der Waals surface area contributed by atoms with Crippen LogP contribution in [-0.4, -0.2) is 74.6 Å². The zero-order chi connectivity index (χ0) is 27.4. The highest BCUT2D eigenvalue weighted by atomic mass is 35.5. The Bertz CT molecular complexity index is 1360. The molecule has 38 heavy (non-hydrogen) atoms. The zero-order valence-electron chi connectivity index (χ0n) is 19.9. The number of nitrogens with zero attached hydrogens (tertiary/aromatic N) is 5. The molecule has 0 saturated carbocycles. The fraction of sp³-hybridized carbons (Fsp3) is 0.500. The van der Waals surface area contributed by atoms with Gasteiger partial charge in [0.2, 0.25) is 0 Å². The third-order valence-corrected chi connectivity index (χ3v) is 8.42. The van der Waals surface area contributed by atoms with Gasteiger partial charge in [0.25, 0.3) is 5.56 Å². The van der Waals surface area contributed by atoms with Crippen molar-refractivity contribution < 1.29 is 31.1 Å². The maximum Gasteiger partial charge on any atom is 0.329 e. The predicted octanol–water partition coefficient (Wildman–Crippen LogP) is 2.35. The van der Waals surface area contributed by atoms with Crippen LogP contribution in [0.2, 0.25) is 5.02 Å². The summed E-state index contributed by atoms with van der Waals surface area (Å²) < 4.78 is 80.7. The maximum atomic E-state index is 14.4. The summed E-state index contributed by atoms with van der Waals surface area (Å²) in [6.07, 6.45) is 1.33. The lowest BCUT2D eigenvalue weighted by atomic mass is 10.1. The van der Waals surface area contributed by atoms with Crippen molar-refractivity contribution in [2.45, 2.75) is 31.5 Å². The Labute approximate surface area is 221 Å².